The van der Waals surface area contributed by atoms with Crippen LogP contribution in [0.2, 0.25) is 0 Å². The van der Waals surface area contributed by atoms with E-state index in [1.807, 2.05) is 18.2 Å². The Kier molecular flexibility index (Phi) is 5.32. The van der Waals surface area contributed by atoms with E-state index in [2.05, 4.69) is 6.58 Å². The fourth-order valence-electron chi connectivity index (χ4n) is 1.33. The van der Waals surface area contributed by atoms with Crippen LogP contribution in [0.1, 0.15) is 5.56 Å². The van der Waals surface area contributed by atoms with E-state index in [1.165, 1.54) is 0 Å². The van der Waals surface area contributed by atoms with E-state index in [9.17, 15) is 5.11 Å². The lowest BCUT2D eigenvalue weighted by atomic mass is 10.1. The maximum Gasteiger partial charge on any atom is 0.138 e. The summed E-state index contributed by atoms with van der Waals surface area (Å²) in [4.78, 5) is 0. The van der Waals surface area contributed by atoms with Gasteiger partial charge in [0, 0.05) is 0 Å². The van der Waals surface area contributed by atoms with Crippen molar-refractivity contribution < 1.29 is 10.2 Å². The van der Waals surface area contributed by atoms with E-state index < -0.39 is 0 Å². The zero-order valence-corrected chi connectivity index (χ0v) is 10.1. The summed E-state index contributed by atoms with van der Waals surface area (Å²) in [6.45, 7) is 3.59. The number of aromatic hydroxyl groups is 2. The van der Waals surface area contributed by atoms with Crippen molar-refractivity contribution in [3.05, 3.63) is 66.7 Å². The van der Waals surface area contributed by atoms with E-state index in [0.29, 0.717) is 11.4 Å². The molecule has 0 saturated heterocycles. The molecule has 18 heavy (non-hydrogen) atoms. The number of phenols is 2. The highest BCUT2D eigenvalue weighted by atomic mass is 16.3. The zero-order valence-electron chi connectivity index (χ0n) is 10.1. The summed E-state index contributed by atoms with van der Waals surface area (Å²) in [5.41, 5.74) is 6.62. The lowest BCUT2D eigenvalue weighted by molar-refractivity contribution is 0.469. The van der Waals surface area contributed by atoms with Crippen LogP contribution in [0.15, 0.2) is 61.2 Å². The Morgan fingerprint density at radius 1 is 0.944 bits per heavy atom. The highest BCUT2D eigenvalue weighted by Gasteiger charge is 1.93. The van der Waals surface area contributed by atoms with Gasteiger partial charge in [-0.2, -0.15) is 0 Å². The minimum atomic E-state index is 0.146. The van der Waals surface area contributed by atoms with Crippen LogP contribution in [0.4, 0.5) is 5.69 Å². The summed E-state index contributed by atoms with van der Waals surface area (Å²) in [7, 11) is 0. The Morgan fingerprint density at radius 2 is 1.50 bits per heavy atom. The number of anilines is 1. The first-order valence-electron chi connectivity index (χ1n) is 5.56. The molecule has 0 amide bonds. The smallest absolute Gasteiger partial charge is 0.138 e. The molecule has 0 aliphatic heterocycles. The van der Waals surface area contributed by atoms with Crippen molar-refractivity contribution in [3.8, 4) is 11.5 Å². The predicted octanol–water partition coefficient (Wildman–Crippen LogP) is 3.10. The number of para-hydroxylation sites is 3. The van der Waals surface area contributed by atoms with Gasteiger partial charge in [-0.1, -0.05) is 36.4 Å². The molecule has 0 atom stereocenters. The van der Waals surface area contributed by atoms with Gasteiger partial charge < -0.3 is 15.9 Å². The summed E-state index contributed by atoms with van der Waals surface area (Å²) in [5, 5.41) is 18.0. The summed E-state index contributed by atoms with van der Waals surface area (Å²) >= 11 is 0. The van der Waals surface area contributed by atoms with E-state index in [-0.39, 0.29) is 5.75 Å². The van der Waals surface area contributed by atoms with Gasteiger partial charge in [-0.3, -0.25) is 0 Å². The van der Waals surface area contributed by atoms with Gasteiger partial charge in [-0.05, 0) is 30.2 Å². The second-order valence-electron chi connectivity index (χ2n) is 3.68. The van der Waals surface area contributed by atoms with Crippen LogP contribution in [0.5, 0.6) is 11.5 Å². The van der Waals surface area contributed by atoms with E-state index in [0.717, 1.165) is 12.0 Å². The standard InChI is InChI=1S/C9H10O.C6H7NO/c1-2-5-8-6-3-4-7-9(8)10;7-5-3-1-2-4-6(5)8/h2-4,6-7,10H,1,5H2;1-4,8H,7H2. The molecule has 4 N–H and O–H groups in total. The third-order valence-corrected chi connectivity index (χ3v) is 2.29. The lowest BCUT2D eigenvalue weighted by Crippen LogP contribution is -1.82. The minimum Gasteiger partial charge on any atom is -0.508 e. The SMILES string of the molecule is C=CCc1ccccc1O.Nc1ccccc1O. The summed E-state index contributed by atoms with van der Waals surface area (Å²) < 4.78 is 0. The van der Waals surface area contributed by atoms with Crippen molar-refractivity contribution in [2.75, 3.05) is 5.73 Å². The first-order valence-corrected chi connectivity index (χ1v) is 5.56. The van der Waals surface area contributed by atoms with E-state index in [4.69, 9.17) is 10.8 Å². The van der Waals surface area contributed by atoms with Crippen molar-refractivity contribution in [2.45, 2.75) is 6.42 Å². The average Bonchev–Trinajstić information content (AvgIpc) is 2.37. The lowest BCUT2D eigenvalue weighted by Gasteiger charge is -1.97. The van der Waals surface area contributed by atoms with E-state index >= 15 is 0 Å². The first-order chi connectivity index (χ1) is 8.65. The Balaban J connectivity index is 0.000000184. The Hall–Kier alpha value is -2.42. The summed E-state index contributed by atoms with van der Waals surface area (Å²) in [6, 6.07) is 14.0. The highest BCUT2D eigenvalue weighted by Crippen LogP contribution is 2.16. The van der Waals surface area contributed by atoms with Crippen LogP contribution in [0.3, 0.4) is 0 Å². The number of nitrogen functional groups attached to an aromatic ring is 1. The van der Waals surface area contributed by atoms with Crippen LogP contribution < -0.4 is 5.73 Å². The second kappa shape index (κ2) is 7.01. The molecule has 3 heteroatoms. The summed E-state index contributed by atoms with van der Waals surface area (Å²) in [6.07, 6.45) is 2.50. The number of rotatable bonds is 2. The molecule has 0 heterocycles. The average molecular weight is 243 g/mol. The topological polar surface area (TPSA) is 66.5 Å². The van der Waals surface area contributed by atoms with Gasteiger partial charge in [0.15, 0.2) is 0 Å². The van der Waals surface area contributed by atoms with Gasteiger partial charge >= 0.3 is 0 Å². The minimum absolute atomic E-state index is 0.146. The van der Waals surface area contributed by atoms with Gasteiger partial charge in [0.1, 0.15) is 11.5 Å². The zero-order chi connectivity index (χ0) is 13.4. The number of allylic oxidation sites excluding steroid dienone is 1. The molecule has 94 valence electrons. The van der Waals surface area contributed by atoms with Gasteiger partial charge in [0.2, 0.25) is 0 Å². The predicted molar refractivity (Wildman–Crippen MR) is 74.5 cm³/mol. The van der Waals surface area contributed by atoms with Crippen LogP contribution in [0.25, 0.3) is 0 Å². The van der Waals surface area contributed by atoms with Gasteiger partial charge in [-0.25, -0.2) is 0 Å². The molecule has 0 unspecified atom stereocenters. The fraction of sp³-hybridized carbons (Fsp3) is 0.0667. The van der Waals surface area contributed by atoms with E-state index in [1.54, 1.807) is 36.4 Å². The van der Waals surface area contributed by atoms with Crippen molar-refractivity contribution >= 4 is 5.69 Å². The molecule has 0 aliphatic carbocycles. The van der Waals surface area contributed by atoms with Crippen molar-refractivity contribution in [1.82, 2.24) is 0 Å². The van der Waals surface area contributed by atoms with Crippen LogP contribution in [-0.2, 0) is 6.42 Å². The van der Waals surface area contributed by atoms with Crippen LogP contribution in [-0.4, -0.2) is 10.2 Å². The Morgan fingerprint density at radius 3 is 1.94 bits per heavy atom. The molecule has 2 rings (SSSR count). The molecule has 2 aromatic carbocycles. The van der Waals surface area contributed by atoms with Crippen molar-refractivity contribution in [1.29, 1.82) is 0 Å². The highest BCUT2D eigenvalue weighted by molar-refractivity contribution is 5.50. The summed E-state index contributed by atoms with van der Waals surface area (Å²) in [5.74, 6) is 0.495. The first kappa shape index (κ1) is 13.6. The molecule has 0 radical (unpaired) electrons. The van der Waals surface area contributed by atoms with Gasteiger partial charge in [0.25, 0.3) is 0 Å². The van der Waals surface area contributed by atoms with Crippen LogP contribution in [0, 0.1) is 0 Å². The number of hydrogen-bond donors (Lipinski definition) is 3. The second-order valence-corrected chi connectivity index (χ2v) is 3.68. The van der Waals surface area contributed by atoms with Crippen LogP contribution >= 0.6 is 0 Å². The van der Waals surface area contributed by atoms with Gasteiger partial charge in [0.05, 0.1) is 5.69 Å². The molecule has 3 nitrogen and oxygen atoms in total. The molecule has 0 spiro atoms. The van der Waals surface area contributed by atoms with Crippen molar-refractivity contribution in [3.63, 3.8) is 0 Å². The third-order valence-electron chi connectivity index (χ3n) is 2.29. The monoisotopic (exact) mass is 243 g/mol. The molecule has 0 bridgehead atoms. The maximum absolute atomic E-state index is 9.19. The number of benzene rings is 2. The molecule has 0 saturated carbocycles. The third kappa shape index (κ3) is 4.22. The largest absolute Gasteiger partial charge is 0.508 e. The molecular formula is C15H17NO2. The molecule has 0 aliphatic rings. The number of hydrogen-bond acceptors (Lipinski definition) is 3. The fourth-order valence-corrected chi connectivity index (χ4v) is 1.33. The number of nitrogens with two attached hydrogens (primary N) is 1. The Labute approximate surface area is 107 Å². The molecular weight excluding hydrogens is 226 g/mol. The maximum atomic E-state index is 9.19. The molecule has 0 aromatic heterocycles. The number of phenolic OH excluding ortho intramolecular Hbond substituents is 2. The molecule has 2 aromatic rings. The normalized spacial score (nSPS) is 9.11. The Bertz CT molecular complexity index is 488. The quantitative estimate of drug-likeness (QED) is 0.431. The molecule has 0 fully saturated rings. The van der Waals surface area contributed by atoms with Gasteiger partial charge in [-0.15, -0.1) is 6.58 Å². The van der Waals surface area contributed by atoms with Crippen molar-refractivity contribution in [2.24, 2.45) is 0 Å².